The zero-order valence-corrected chi connectivity index (χ0v) is 19.5. The van der Waals surface area contributed by atoms with Crippen molar-refractivity contribution in [2.24, 2.45) is 5.41 Å². The van der Waals surface area contributed by atoms with Gasteiger partial charge >= 0.3 is 0 Å². The van der Waals surface area contributed by atoms with Crippen LogP contribution in [0.4, 0.5) is 5.69 Å². The number of hydrogen-bond donors (Lipinski definition) is 0. The fraction of sp³-hybridized carbons (Fsp3) is 0.179. The van der Waals surface area contributed by atoms with Crippen LogP contribution in [0.2, 0.25) is 0 Å². The van der Waals surface area contributed by atoms with Gasteiger partial charge in [0, 0.05) is 21.6 Å². The highest BCUT2D eigenvalue weighted by Gasteiger charge is 2.63. The third kappa shape index (κ3) is 3.20. The third-order valence-electron chi connectivity index (χ3n) is 6.72. The van der Waals surface area contributed by atoms with Crippen LogP contribution in [0, 0.1) is 35.0 Å². The van der Waals surface area contributed by atoms with E-state index in [1.807, 2.05) is 78.6 Å². The Bertz CT molecular complexity index is 1330. The lowest BCUT2D eigenvalue weighted by atomic mass is 9.69. The van der Waals surface area contributed by atoms with Crippen LogP contribution in [0.3, 0.4) is 0 Å². The molecule has 5 heteroatoms. The van der Waals surface area contributed by atoms with E-state index in [4.69, 9.17) is 0 Å². The van der Waals surface area contributed by atoms with Crippen molar-refractivity contribution in [3.63, 3.8) is 0 Å². The smallest absolute Gasteiger partial charge is 0.185 e. The minimum atomic E-state index is -1.43. The topological polar surface area (TPSA) is 67.9 Å². The molecule has 3 atom stereocenters. The molecule has 2 heterocycles. The molecule has 0 unspecified atom stereocenters. The summed E-state index contributed by atoms with van der Waals surface area (Å²) >= 11 is 3.47. The number of aryl methyl sites for hydroxylation is 1. The molecule has 160 valence electrons. The van der Waals surface area contributed by atoms with E-state index in [0.29, 0.717) is 5.56 Å². The molecule has 0 saturated carbocycles. The van der Waals surface area contributed by atoms with Crippen LogP contribution < -0.4 is 4.90 Å². The highest BCUT2D eigenvalue weighted by Crippen LogP contribution is 2.55. The van der Waals surface area contributed by atoms with Gasteiger partial charge in [0.2, 0.25) is 0 Å². The van der Waals surface area contributed by atoms with Gasteiger partial charge in [-0.3, -0.25) is 4.79 Å². The van der Waals surface area contributed by atoms with Crippen molar-refractivity contribution in [3.8, 4) is 12.1 Å². The molecule has 5 rings (SSSR count). The molecule has 0 spiro atoms. The number of anilines is 1. The van der Waals surface area contributed by atoms with Gasteiger partial charge in [0.15, 0.2) is 11.2 Å². The van der Waals surface area contributed by atoms with Gasteiger partial charge in [-0.2, -0.15) is 10.5 Å². The fourth-order valence-corrected chi connectivity index (χ4v) is 5.49. The van der Waals surface area contributed by atoms with Crippen molar-refractivity contribution in [2.75, 3.05) is 4.90 Å². The van der Waals surface area contributed by atoms with Gasteiger partial charge in [-0.1, -0.05) is 82.2 Å². The molecule has 0 N–H and O–H groups in total. The highest BCUT2D eigenvalue weighted by molar-refractivity contribution is 9.10. The van der Waals surface area contributed by atoms with Crippen LogP contribution in [0.5, 0.6) is 0 Å². The average molecular weight is 494 g/mol. The quantitative estimate of drug-likeness (QED) is 0.417. The van der Waals surface area contributed by atoms with Crippen molar-refractivity contribution in [3.05, 3.63) is 106 Å². The van der Waals surface area contributed by atoms with E-state index in [1.165, 1.54) is 0 Å². The molecular weight excluding hydrogens is 474 g/mol. The maximum absolute atomic E-state index is 14.1. The highest BCUT2D eigenvalue weighted by atomic mass is 79.9. The van der Waals surface area contributed by atoms with Gasteiger partial charge in [0.25, 0.3) is 0 Å². The largest absolute Gasteiger partial charge is 0.351 e. The number of nitrogens with zero attached hydrogens (tertiary/aromatic N) is 3. The summed E-state index contributed by atoms with van der Waals surface area (Å²) in [6.45, 7) is 2.02. The number of ketones is 1. The molecule has 1 saturated heterocycles. The predicted octanol–water partition coefficient (Wildman–Crippen LogP) is 6.04. The number of benzene rings is 3. The number of nitriles is 2. The Hall–Kier alpha value is -3.67. The Kier molecular flexibility index (Phi) is 5.16. The number of rotatable bonds is 3. The van der Waals surface area contributed by atoms with Crippen LogP contribution in [-0.4, -0.2) is 17.9 Å². The molecule has 0 radical (unpaired) electrons. The van der Waals surface area contributed by atoms with Gasteiger partial charge in [0.1, 0.15) is 6.04 Å². The van der Waals surface area contributed by atoms with Gasteiger partial charge < -0.3 is 4.90 Å². The molecule has 0 aliphatic carbocycles. The molecule has 4 nitrogen and oxygen atoms in total. The van der Waals surface area contributed by atoms with Gasteiger partial charge in [-0.05, 0) is 42.3 Å². The van der Waals surface area contributed by atoms with Gasteiger partial charge in [0.05, 0.1) is 18.2 Å². The summed E-state index contributed by atoms with van der Waals surface area (Å²) in [7, 11) is 0. The lowest BCUT2D eigenvalue weighted by Crippen LogP contribution is -2.44. The summed E-state index contributed by atoms with van der Waals surface area (Å²) in [5.41, 5.74) is 2.90. The lowest BCUT2D eigenvalue weighted by Gasteiger charge is -2.35. The zero-order valence-electron chi connectivity index (χ0n) is 17.9. The van der Waals surface area contributed by atoms with Crippen LogP contribution in [0.15, 0.2) is 83.3 Å². The van der Waals surface area contributed by atoms with Crippen molar-refractivity contribution in [1.82, 2.24) is 0 Å². The lowest BCUT2D eigenvalue weighted by molar-refractivity contribution is 0.0951. The SMILES string of the molecule is Cc1ccc2c(c1)C=C[C@H]1N2[C@@H](C(=O)c2ccccc2)[C@H](c2ccc(Br)cc2)C1(C#N)C#N. The van der Waals surface area contributed by atoms with Crippen LogP contribution in [0.1, 0.15) is 33.0 Å². The van der Waals surface area contributed by atoms with Crippen LogP contribution >= 0.6 is 15.9 Å². The first kappa shape index (κ1) is 21.2. The zero-order chi connectivity index (χ0) is 23.2. The number of halogens is 1. The Balaban J connectivity index is 1.79. The minimum absolute atomic E-state index is 0.0947. The Morgan fingerprint density at radius 2 is 1.70 bits per heavy atom. The standard InChI is InChI=1S/C28H20BrN3O/c1-18-7-13-23-21(15-18)10-14-24-28(16-30,17-31)25(19-8-11-22(29)12-9-19)26(32(23)24)27(33)20-5-3-2-4-6-20/h2-15,24-26H,1H3/t24-,25+,26-/m1/s1. The van der Waals surface area contributed by atoms with E-state index in [2.05, 4.69) is 34.1 Å². The molecule has 2 aliphatic rings. The van der Waals surface area contributed by atoms with Crippen molar-refractivity contribution >= 4 is 33.5 Å². The van der Waals surface area contributed by atoms with Gasteiger partial charge in [-0.15, -0.1) is 0 Å². The van der Waals surface area contributed by atoms with Crippen molar-refractivity contribution in [1.29, 1.82) is 10.5 Å². The summed E-state index contributed by atoms with van der Waals surface area (Å²) < 4.78 is 0.896. The molecular formula is C28H20BrN3O. The monoisotopic (exact) mass is 493 g/mol. The minimum Gasteiger partial charge on any atom is -0.351 e. The Morgan fingerprint density at radius 3 is 2.36 bits per heavy atom. The summed E-state index contributed by atoms with van der Waals surface area (Å²) in [4.78, 5) is 16.1. The third-order valence-corrected chi connectivity index (χ3v) is 7.25. The van der Waals surface area contributed by atoms with E-state index < -0.39 is 23.4 Å². The normalized spacial score (nSPS) is 22.1. The average Bonchev–Trinajstić information content (AvgIpc) is 3.15. The summed E-state index contributed by atoms with van der Waals surface area (Å²) in [5, 5.41) is 20.9. The van der Waals surface area contributed by atoms with Crippen molar-refractivity contribution < 1.29 is 4.79 Å². The van der Waals surface area contributed by atoms with Crippen molar-refractivity contribution in [2.45, 2.75) is 24.9 Å². The van der Waals surface area contributed by atoms with E-state index in [9.17, 15) is 15.3 Å². The van der Waals surface area contributed by atoms with E-state index in [-0.39, 0.29) is 5.78 Å². The molecule has 0 bridgehead atoms. The molecule has 0 aromatic heterocycles. The number of carbonyl (C=O) groups is 1. The Morgan fingerprint density at radius 1 is 1.00 bits per heavy atom. The summed E-state index contributed by atoms with van der Waals surface area (Å²) in [6.07, 6.45) is 3.89. The maximum atomic E-state index is 14.1. The molecule has 3 aromatic carbocycles. The fourth-order valence-electron chi connectivity index (χ4n) is 5.23. The number of carbonyl (C=O) groups excluding carboxylic acids is 1. The molecule has 3 aromatic rings. The van der Waals surface area contributed by atoms with Crippen LogP contribution in [-0.2, 0) is 0 Å². The summed E-state index contributed by atoms with van der Waals surface area (Å²) in [5.74, 6) is -0.724. The first-order valence-corrected chi connectivity index (χ1v) is 11.5. The van der Waals surface area contributed by atoms with E-state index in [1.54, 1.807) is 12.1 Å². The predicted molar refractivity (Wildman–Crippen MR) is 132 cm³/mol. The molecule has 0 amide bonds. The summed E-state index contributed by atoms with van der Waals surface area (Å²) in [6, 6.07) is 26.3. The number of hydrogen-bond acceptors (Lipinski definition) is 4. The number of fused-ring (bicyclic) bond motifs is 3. The first-order valence-electron chi connectivity index (χ1n) is 10.7. The van der Waals surface area contributed by atoms with E-state index in [0.717, 1.165) is 26.9 Å². The second-order valence-electron chi connectivity index (χ2n) is 8.57. The van der Waals surface area contributed by atoms with E-state index >= 15 is 0 Å². The second-order valence-corrected chi connectivity index (χ2v) is 9.49. The number of Topliss-reactive ketones (excluding diaryl/α,β-unsaturated/α-hetero) is 1. The molecule has 33 heavy (non-hydrogen) atoms. The van der Waals surface area contributed by atoms with Crippen LogP contribution in [0.25, 0.3) is 6.08 Å². The molecule has 1 fully saturated rings. The Labute approximate surface area is 201 Å². The van der Waals surface area contributed by atoms with Gasteiger partial charge in [-0.25, -0.2) is 0 Å². The maximum Gasteiger partial charge on any atom is 0.185 e. The first-order chi connectivity index (χ1) is 16.0. The second kappa shape index (κ2) is 8.03. The molecule has 2 aliphatic heterocycles.